The zero-order valence-electron chi connectivity index (χ0n) is 15.8. The fourth-order valence-electron chi connectivity index (χ4n) is 2.82. The summed E-state index contributed by atoms with van der Waals surface area (Å²) in [6, 6.07) is 16.0. The number of rotatable bonds is 7. The Morgan fingerprint density at radius 2 is 1.42 bits per heavy atom. The first-order valence-corrected chi connectivity index (χ1v) is 10.5. The van der Waals surface area contributed by atoms with Gasteiger partial charge in [0.25, 0.3) is 0 Å². The van der Waals surface area contributed by atoms with Crippen LogP contribution in [0, 0.1) is 5.92 Å². The van der Waals surface area contributed by atoms with E-state index in [-0.39, 0.29) is 16.9 Å². The van der Waals surface area contributed by atoms with E-state index in [1.165, 1.54) is 17.7 Å². The van der Waals surface area contributed by atoms with Crippen LogP contribution in [0.4, 0.5) is 0 Å². The molecule has 0 saturated carbocycles. The van der Waals surface area contributed by atoms with Crippen molar-refractivity contribution in [1.29, 1.82) is 0 Å². The summed E-state index contributed by atoms with van der Waals surface area (Å²) in [5, 5.41) is 2.89. The molecule has 1 N–H and O–H groups in total. The van der Waals surface area contributed by atoms with Gasteiger partial charge in [-0.05, 0) is 35.1 Å². The highest BCUT2D eigenvalue weighted by molar-refractivity contribution is 7.92. The van der Waals surface area contributed by atoms with Crippen LogP contribution in [0.15, 0.2) is 59.5 Å². The van der Waals surface area contributed by atoms with Gasteiger partial charge in [0.05, 0.1) is 10.9 Å². The van der Waals surface area contributed by atoms with Crippen LogP contribution in [0.25, 0.3) is 0 Å². The van der Waals surface area contributed by atoms with Gasteiger partial charge in [-0.3, -0.25) is 4.79 Å². The minimum Gasteiger partial charge on any atom is -0.348 e. The van der Waals surface area contributed by atoms with Gasteiger partial charge in [-0.15, -0.1) is 0 Å². The van der Waals surface area contributed by atoms with Gasteiger partial charge in [-0.1, -0.05) is 70.2 Å². The Labute approximate surface area is 156 Å². The van der Waals surface area contributed by atoms with Crippen molar-refractivity contribution in [2.45, 2.75) is 44.6 Å². The average Bonchev–Trinajstić information content (AvgIpc) is 2.60. The molecule has 0 aromatic heterocycles. The summed E-state index contributed by atoms with van der Waals surface area (Å²) in [5.41, 5.74) is 2.21. The first-order chi connectivity index (χ1) is 12.2. The van der Waals surface area contributed by atoms with Crippen LogP contribution >= 0.6 is 0 Å². The van der Waals surface area contributed by atoms with Gasteiger partial charge in [0.2, 0.25) is 5.91 Å². The molecule has 2 rings (SSSR count). The zero-order valence-corrected chi connectivity index (χ0v) is 16.6. The monoisotopic (exact) mass is 373 g/mol. The second kappa shape index (κ2) is 8.49. The van der Waals surface area contributed by atoms with E-state index in [2.05, 4.69) is 31.3 Å². The van der Waals surface area contributed by atoms with E-state index in [1.807, 2.05) is 26.0 Å². The zero-order chi connectivity index (χ0) is 19.3. The summed E-state index contributed by atoms with van der Waals surface area (Å²) in [6.45, 7) is 8.27. The molecule has 140 valence electrons. The minimum atomic E-state index is -3.64. The Morgan fingerprint density at radius 3 is 1.92 bits per heavy atom. The minimum absolute atomic E-state index is 0.142. The molecule has 4 nitrogen and oxygen atoms in total. The molecule has 0 heterocycles. The molecular formula is C21H27NO3S. The molecule has 2 aromatic rings. The molecule has 0 saturated heterocycles. The summed E-state index contributed by atoms with van der Waals surface area (Å²) in [7, 11) is -3.64. The van der Waals surface area contributed by atoms with Crippen molar-refractivity contribution < 1.29 is 13.2 Å². The molecule has 0 aliphatic heterocycles. The van der Waals surface area contributed by atoms with Gasteiger partial charge < -0.3 is 5.32 Å². The largest absolute Gasteiger partial charge is 0.348 e. The summed E-state index contributed by atoms with van der Waals surface area (Å²) in [4.78, 5) is 12.6. The highest BCUT2D eigenvalue weighted by Crippen LogP contribution is 2.24. The Kier molecular flexibility index (Phi) is 6.59. The third-order valence-corrected chi connectivity index (χ3v) is 6.00. The summed E-state index contributed by atoms with van der Waals surface area (Å²) in [6.07, 6.45) is 0. The predicted octanol–water partition coefficient (Wildman–Crippen LogP) is 4.10. The number of hydrogen-bond acceptors (Lipinski definition) is 3. The van der Waals surface area contributed by atoms with Crippen LogP contribution in [-0.4, -0.2) is 20.1 Å². The highest BCUT2D eigenvalue weighted by Gasteiger charge is 2.23. The van der Waals surface area contributed by atoms with Gasteiger partial charge in [0.15, 0.2) is 9.84 Å². The molecule has 0 radical (unpaired) electrons. The summed E-state index contributed by atoms with van der Waals surface area (Å²) in [5.74, 6) is -0.458. The van der Waals surface area contributed by atoms with E-state index < -0.39 is 21.5 Å². The summed E-state index contributed by atoms with van der Waals surface area (Å²) < 4.78 is 24.8. The Morgan fingerprint density at radius 1 is 0.885 bits per heavy atom. The van der Waals surface area contributed by atoms with Gasteiger partial charge in [0, 0.05) is 0 Å². The maximum atomic E-state index is 12.4. The third-order valence-electron chi connectivity index (χ3n) is 4.37. The van der Waals surface area contributed by atoms with E-state index in [9.17, 15) is 13.2 Å². The number of carbonyl (C=O) groups excluding carboxylic acids is 1. The van der Waals surface area contributed by atoms with E-state index in [1.54, 1.807) is 18.2 Å². The number of benzene rings is 2. The van der Waals surface area contributed by atoms with E-state index >= 15 is 0 Å². The van der Waals surface area contributed by atoms with Crippen molar-refractivity contribution in [2.75, 3.05) is 5.75 Å². The third kappa shape index (κ3) is 5.18. The fraction of sp³-hybridized carbons (Fsp3) is 0.381. The molecule has 1 atom stereocenters. The Balaban J connectivity index is 2.13. The standard InChI is InChI=1S/C21H27NO3S/c1-15(2)17-10-12-18(13-11-17)21(16(3)4)22-20(23)14-26(24,25)19-8-6-5-7-9-19/h5-13,15-16,21H,14H2,1-4H3,(H,22,23). The van der Waals surface area contributed by atoms with Crippen LogP contribution in [0.3, 0.4) is 0 Å². The maximum Gasteiger partial charge on any atom is 0.236 e. The first-order valence-electron chi connectivity index (χ1n) is 8.87. The molecule has 2 aromatic carbocycles. The normalized spacial score (nSPS) is 13.0. The van der Waals surface area contributed by atoms with E-state index in [4.69, 9.17) is 0 Å². The molecule has 0 spiro atoms. The van der Waals surface area contributed by atoms with Crippen molar-refractivity contribution >= 4 is 15.7 Å². The molecule has 0 fully saturated rings. The van der Waals surface area contributed by atoms with Gasteiger partial charge in [-0.25, -0.2) is 8.42 Å². The lowest BCUT2D eigenvalue weighted by molar-refractivity contribution is -0.119. The van der Waals surface area contributed by atoms with Crippen molar-refractivity contribution in [3.05, 3.63) is 65.7 Å². The predicted molar refractivity (Wildman–Crippen MR) is 105 cm³/mol. The number of hydrogen-bond donors (Lipinski definition) is 1. The molecule has 0 aliphatic carbocycles. The molecule has 26 heavy (non-hydrogen) atoms. The van der Waals surface area contributed by atoms with Crippen LogP contribution in [0.2, 0.25) is 0 Å². The quantitative estimate of drug-likeness (QED) is 0.795. The van der Waals surface area contributed by atoms with Crippen LogP contribution in [0.5, 0.6) is 0 Å². The number of nitrogens with one attached hydrogen (secondary N) is 1. The topological polar surface area (TPSA) is 63.2 Å². The maximum absolute atomic E-state index is 12.4. The number of sulfone groups is 1. The van der Waals surface area contributed by atoms with Crippen LogP contribution < -0.4 is 5.32 Å². The van der Waals surface area contributed by atoms with Crippen molar-refractivity contribution in [3.8, 4) is 0 Å². The molecule has 1 unspecified atom stereocenters. The van der Waals surface area contributed by atoms with Gasteiger partial charge >= 0.3 is 0 Å². The SMILES string of the molecule is CC(C)c1ccc(C(NC(=O)CS(=O)(=O)c2ccccc2)C(C)C)cc1. The molecule has 0 bridgehead atoms. The van der Waals surface area contributed by atoms with Gasteiger partial charge in [0.1, 0.15) is 5.75 Å². The van der Waals surface area contributed by atoms with Gasteiger partial charge in [-0.2, -0.15) is 0 Å². The molecule has 0 aliphatic rings. The van der Waals surface area contributed by atoms with E-state index in [0.717, 1.165) is 5.56 Å². The highest BCUT2D eigenvalue weighted by atomic mass is 32.2. The molecular weight excluding hydrogens is 346 g/mol. The van der Waals surface area contributed by atoms with Crippen molar-refractivity contribution in [1.82, 2.24) is 5.32 Å². The lowest BCUT2D eigenvalue weighted by Gasteiger charge is -2.23. The van der Waals surface area contributed by atoms with E-state index in [0.29, 0.717) is 5.92 Å². The first kappa shape index (κ1) is 20.2. The second-order valence-electron chi connectivity index (χ2n) is 7.18. The molecule has 1 amide bonds. The van der Waals surface area contributed by atoms with Crippen molar-refractivity contribution in [2.24, 2.45) is 5.92 Å². The number of amides is 1. The number of carbonyl (C=O) groups is 1. The van der Waals surface area contributed by atoms with Crippen LogP contribution in [0.1, 0.15) is 50.8 Å². The van der Waals surface area contributed by atoms with Crippen molar-refractivity contribution in [3.63, 3.8) is 0 Å². The molecule has 5 heteroatoms. The lowest BCUT2D eigenvalue weighted by atomic mass is 9.93. The average molecular weight is 374 g/mol. The summed E-state index contributed by atoms with van der Waals surface area (Å²) >= 11 is 0. The second-order valence-corrected chi connectivity index (χ2v) is 9.17. The lowest BCUT2D eigenvalue weighted by Crippen LogP contribution is -2.36. The smallest absolute Gasteiger partial charge is 0.236 e. The van der Waals surface area contributed by atoms with Crippen LogP contribution in [-0.2, 0) is 14.6 Å². The Hall–Kier alpha value is -2.14. The fourth-order valence-corrected chi connectivity index (χ4v) is 3.99. The Bertz CT molecular complexity index is 825.